The molecule has 5 heteroatoms. The Morgan fingerprint density at radius 3 is 2.48 bits per heavy atom. The zero-order valence-corrected chi connectivity index (χ0v) is 15.9. The summed E-state index contributed by atoms with van der Waals surface area (Å²) in [5.74, 6) is -0.686. The van der Waals surface area contributed by atoms with Crippen LogP contribution in [0.15, 0.2) is 48.5 Å². The zero-order chi connectivity index (χ0) is 19.2. The highest BCUT2D eigenvalue weighted by Gasteiger charge is 2.30. The van der Waals surface area contributed by atoms with Gasteiger partial charge in [0.1, 0.15) is 0 Å². The fraction of sp³-hybridized carbons (Fsp3) is 0.364. The van der Waals surface area contributed by atoms with E-state index in [1.54, 1.807) is 12.1 Å². The van der Waals surface area contributed by atoms with E-state index < -0.39 is 12.1 Å². The van der Waals surface area contributed by atoms with Gasteiger partial charge in [0.15, 0.2) is 6.10 Å². The van der Waals surface area contributed by atoms with Gasteiger partial charge in [0.2, 0.25) is 0 Å². The summed E-state index contributed by atoms with van der Waals surface area (Å²) in [6.07, 6.45) is -0.364. The summed E-state index contributed by atoms with van der Waals surface area (Å²) < 4.78 is 5.33. The minimum Gasteiger partial charge on any atom is -0.448 e. The van der Waals surface area contributed by atoms with Crippen LogP contribution in [-0.2, 0) is 29.0 Å². The normalized spacial score (nSPS) is 16.0. The van der Waals surface area contributed by atoms with Crippen molar-refractivity contribution in [3.63, 3.8) is 0 Å². The molecule has 0 fully saturated rings. The maximum absolute atomic E-state index is 12.6. The summed E-state index contributed by atoms with van der Waals surface area (Å²) >= 11 is 0. The van der Waals surface area contributed by atoms with Crippen LogP contribution in [0.3, 0.4) is 0 Å². The number of ether oxygens (including phenoxy) is 1. The Kier molecular flexibility index (Phi) is 6.24. The van der Waals surface area contributed by atoms with Crippen molar-refractivity contribution in [3.8, 4) is 0 Å². The monoisotopic (exact) mass is 366 g/mol. The summed E-state index contributed by atoms with van der Waals surface area (Å²) in [5.41, 5.74) is 3.69. The molecule has 2 aromatic carbocycles. The standard InChI is InChI=1S/C22H26N2O3/c1-3-24(4-2)15-18-11-6-5-10-17(18)14-23-21(25)20-13-16-9-7-8-12-19(16)22(26)27-20/h5-12,20H,3-4,13-15H2,1-2H3,(H,23,25). The number of fused-ring (bicyclic) bond motifs is 1. The van der Waals surface area contributed by atoms with Crippen molar-refractivity contribution in [2.45, 2.75) is 39.5 Å². The molecule has 0 spiro atoms. The molecule has 1 aliphatic rings. The molecule has 0 saturated heterocycles. The van der Waals surface area contributed by atoms with E-state index in [-0.39, 0.29) is 5.91 Å². The molecule has 3 rings (SSSR count). The fourth-order valence-electron chi connectivity index (χ4n) is 3.35. The maximum atomic E-state index is 12.6. The first-order chi connectivity index (χ1) is 13.1. The summed E-state index contributed by atoms with van der Waals surface area (Å²) in [6, 6.07) is 15.4. The molecule has 1 unspecified atom stereocenters. The molecule has 0 radical (unpaired) electrons. The Morgan fingerprint density at radius 1 is 1.07 bits per heavy atom. The highest BCUT2D eigenvalue weighted by molar-refractivity contribution is 5.95. The lowest BCUT2D eigenvalue weighted by atomic mass is 9.98. The number of nitrogens with one attached hydrogen (secondary N) is 1. The van der Waals surface area contributed by atoms with Crippen molar-refractivity contribution >= 4 is 11.9 Å². The quantitative estimate of drug-likeness (QED) is 0.766. The first kappa shape index (κ1) is 19.1. The molecule has 0 bridgehead atoms. The molecule has 27 heavy (non-hydrogen) atoms. The van der Waals surface area contributed by atoms with Crippen molar-refractivity contribution in [3.05, 3.63) is 70.8 Å². The summed E-state index contributed by atoms with van der Waals surface area (Å²) in [5, 5.41) is 2.94. The van der Waals surface area contributed by atoms with E-state index in [2.05, 4.69) is 30.1 Å². The van der Waals surface area contributed by atoms with Crippen LogP contribution in [0.2, 0.25) is 0 Å². The first-order valence-electron chi connectivity index (χ1n) is 9.48. The fourth-order valence-corrected chi connectivity index (χ4v) is 3.35. The molecule has 1 aliphatic heterocycles. The van der Waals surface area contributed by atoms with Gasteiger partial charge in [0.05, 0.1) is 5.56 Å². The number of cyclic esters (lactones) is 1. The molecular formula is C22H26N2O3. The number of rotatable bonds is 7. The van der Waals surface area contributed by atoms with Crippen molar-refractivity contribution in [2.75, 3.05) is 13.1 Å². The Balaban J connectivity index is 1.64. The van der Waals surface area contributed by atoms with Crippen LogP contribution >= 0.6 is 0 Å². The Labute approximate surface area is 160 Å². The van der Waals surface area contributed by atoms with Crippen LogP contribution in [0, 0.1) is 0 Å². The third-order valence-corrected chi connectivity index (χ3v) is 5.04. The van der Waals surface area contributed by atoms with Crippen LogP contribution < -0.4 is 5.32 Å². The van der Waals surface area contributed by atoms with Crippen LogP contribution in [-0.4, -0.2) is 36.0 Å². The average molecular weight is 366 g/mol. The highest BCUT2D eigenvalue weighted by atomic mass is 16.5. The predicted octanol–water partition coefficient (Wildman–Crippen LogP) is 2.93. The van der Waals surface area contributed by atoms with Gasteiger partial charge in [-0.3, -0.25) is 9.69 Å². The van der Waals surface area contributed by atoms with Gasteiger partial charge >= 0.3 is 5.97 Å². The van der Waals surface area contributed by atoms with Crippen molar-refractivity contribution in [1.82, 2.24) is 10.2 Å². The lowest BCUT2D eigenvalue weighted by Gasteiger charge is -2.24. The lowest BCUT2D eigenvalue weighted by molar-refractivity contribution is -0.130. The van der Waals surface area contributed by atoms with Gasteiger partial charge in [-0.05, 0) is 35.8 Å². The number of hydrogen-bond donors (Lipinski definition) is 1. The first-order valence-corrected chi connectivity index (χ1v) is 9.48. The third-order valence-electron chi connectivity index (χ3n) is 5.04. The second-order valence-electron chi connectivity index (χ2n) is 6.70. The Bertz CT molecular complexity index is 815. The minimum atomic E-state index is -0.776. The van der Waals surface area contributed by atoms with Crippen LogP contribution in [0.4, 0.5) is 0 Å². The Hall–Kier alpha value is -2.66. The van der Waals surface area contributed by atoms with Gasteiger partial charge in [-0.2, -0.15) is 0 Å². The zero-order valence-electron chi connectivity index (χ0n) is 15.9. The number of benzene rings is 2. The largest absolute Gasteiger partial charge is 0.448 e. The summed E-state index contributed by atoms with van der Waals surface area (Å²) in [7, 11) is 0. The molecule has 0 aromatic heterocycles. The van der Waals surface area contributed by atoms with E-state index in [0.717, 1.165) is 30.8 Å². The average Bonchev–Trinajstić information content (AvgIpc) is 2.70. The summed E-state index contributed by atoms with van der Waals surface area (Å²) in [4.78, 5) is 27.0. The molecule has 142 valence electrons. The number of carbonyl (C=O) groups is 2. The molecule has 1 atom stereocenters. The van der Waals surface area contributed by atoms with E-state index in [1.165, 1.54) is 5.56 Å². The molecule has 1 heterocycles. The number of carbonyl (C=O) groups excluding carboxylic acids is 2. The lowest BCUT2D eigenvalue weighted by Crippen LogP contribution is -2.41. The SMILES string of the molecule is CCN(CC)Cc1ccccc1CNC(=O)C1Cc2ccccc2C(=O)O1. The van der Waals surface area contributed by atoms with E-state index in [4.69, 9.17) is 4.74 Å². The molecule has 0 saturated carbocycles. The smallest absolute Gasteiger partial charge is 0.339 e. The van der Waals surface area contributed by atoms with E-state index in [9.17, 15) is 9.59 Å². The van der Waals surface area contributed by atoms with Gasteiger partial charge in [0.25, 0.3) is 5.91 Å². The second-order valence-corrected chi connectivity index (χ2v) is 6.70. The maximum Gasteiger partial charge on any atom is 0.339 e. The van der Waals surface area contributed by atoms with Gasteiger partial charge in [0, 0.05) is 19.5 Å². The van der Waals surface area contributed by atoms with Gasteiger partial charge in [-0.1, -0.05) is 56.3 Å². The second kappa shape index (κ2) is 8.82. The Morgan fingerprint density at radius 2 is 1.74 bits per heavy atom. The van der Waals surface area contributed by atoms with E-state index in [1.807, 2.05) is 30.3 Å². The van der Waals surface area contributed by atoms with Crippen LogP contribution in [0.5, 0.6) is 0 Å². The molecule has 0 aliphatic carbocycles. The van der Waals surface area contributed by atoms with Crippen LogP contribution in [0.1, 0.15) is 40.9 Å². The van der Waals surface area contributed by atoms with Gasteiger partial charge in [-0.25, -0.2) is 4.79 Å². The van der Waals surface area contributed by atoms with Gasteiger partial charge in [-0.15, -0.1) is 0 Å². The number of esters is 1. The molecule has 2 aromatic rings. The van der Waals surface area contributed by atoms with Crippen molar-refractivity contribution < 1.29 is 14.3 Å². The highest BCUT2D eigenvalue weighted by Crippen LogP contribution is 2.20. The number of amides is 1. The summed E-state index contributed by atoms with van der Waals surface area (Å²) in [6.45, 7) is 7.52. The molecular weight excluding hydrogens is 340 g/mol. The molecule has 5 nitrogen and oxygen atoms in total. The number of hydrogen-bond acceptors (Lipinski definition) is 4. The number of nitrogens with zero attached hydrogens (tertiary/aromatic N) is 1. The topological polar surface area (TPSA) is 58.6 Å². The third kappa shape index (κ3) is 4.55. The van der Waals surface area contributed by atoms with Crippen LogP contribution in [0.25, 0.3) is 0 Å². The van der Waals surface area contributed by atoms with Crippen molar-refractivity contribution in [1.29, 1.82) is 0 Å². The van der Waals surface area contributed by atoms with E-state index in [0.29, 0.717) is 18.5 Å². The predicted molar refractivity (Wildman–Crippen MR) is 104 cm³/mol. The van der Waals surface area contributed by atoms with E-state index >= 15 is 0 Å². The molecule has 1 amide bonds. The van der Waals surface area contributed by atoms with Gasteiger partial charge < -0.3 is 10.1 Å². The molecule has 1 N–H and O–H groups in total. The van der Waals surface area contributed by atoms with Crippen molar-refractivity contribution in [2.24, 2.45) is 0 Å². The minimum absolute atomic E-state index is 0.254.